The Morgan fingerprint density at radius 1 is 1.28 bits per heavy atom. The van der Waals surface area contributed by atoms with Crippen LogP contribution in [0.1, 0.15) is 46.0 Å². The molecule has 0 aromatic carbocycles. The molecule has 0 aromatic heterocycles. The van der Waals surface area contributed by atoms with E-state index >= 15 is 0 Å². The molecule has 1 heterocycles. The minimum Gasteiger partial charge on any atom is -0.329 e. The van der Waals surface area contributed by atoms with Crippen LogP contribution in [0.3, 0.4) is 0 Å². The van der Waals surface area contributed by atoms with E-state index in [4.69, 9.17) is 5.73 Å². The zero-order valence-corrected chi connectivity index (χ0v) is 12.6. The van der Waals surface area contributed by atoms with E-state index < -0.39 is 9.84 Å². The Balaban J connectivity index is 2.42. The molecule has 2 N–H and O–H groups in total. The third-order valence-electron chi connectivity index (χ3n) is 4.98. The van der Waals surface area contributed by atoms with E-state index in [0.29, 0.717) is 6.54 Å². The summed E-state index contributed by atoms with van der Waals surface area (Å²) in [5.74, 6) is 0. The molecule has 0 bridgehead atoms. The SMILES string of the molecule is CC1(C)CCCN1C1(CN)CCCC1S(C)(=O)=O. The van der Waals surface area contributed by atoms with Crippen LogP contribution in [0.5, 0.6) is 0 Å². The highest BCUT2D eigenvalue weighted by Crippen LogP contribution is 2.45. The lowest BCUT2D eigenvalue weighted by Gasteiger charge is -2.48. The van der Waals surface area contributed by atoms with Crippen LogP contribution in [-0.2, 0) is 9.84 Å². The van der Waals surface area contributed by atoms with E-state index in [1.165, 1.54) is 6.26 Å². The summed E-state index contributed by atoms with van der Waals surface area (Å²) in [7, 11) is -3.03. The smallest absolute Gasteiger partial charge is 0.152 e. The fourth-order valence-electron chi connectivity index (χ4n) is 4.22. The summed E-state index contributed by atoms with van der Waals surface area (Å²) in [6, 6.07) is 0. The fourth-order valence-corrected chi connectivity index (χ4v) is 5.95. The average Bonchev–Trinajstić information content (AvgIpc) is 2.80. The van der Waals surface area contributed by atoms with Crippen molar-refractivity contribution in [2.75, 3.05) is 19.3 Å². The minimum atomic E-state index is -3.03. The zero-order chi connectivity index (χ0) is 13.6. The normalized spacial score (nSPS) is 37.2. The number of nitrogens with zero attached hydrogens (tertiary/aromatic N) is 1. The van der Waals surface area contributed by atoms with Crippen LogP contribution < -0.4 is 5.73 Å². The summed E-state index contributed by atoms with van der Waals surface area (Å²) < 4.78 is 24.2. The minimum absolute atomic E-state index is 0.0760. The topological polar surface area (TPSA) is 63.4 Å². The second-order valence-electron chi connectivity index (χ2n) is 6.59. The van der Waals surface area contributed by atoms with Gasteiger partial charge in [0.05, 0.1) is 10.8 Å². The third kappa shape index (κ3) is 2.10. The van der Waals surface area contributed by atoms with E-state index in [1.807, 2.05) is 0 Å². The average molecular weight is 274 g/mol. The fraction of sp³-hybridized carbons (Fsp3) is 1.00. The third-order valence-corrected chi connectivity index (χ3v) is 6.69. The predicted octanol–water partition coefficient (Wildman–Crippen LogP) is 1.16. The molecule has 1 saturated heterocycles. The summed E-state index contributed by atoms with van der Waals surface area (Å²) >= 11 is 0. The molecule has 2 unspecified atom stereocenters. The maximum Gasteiger partial charge on any atom is 0.152 e. The largest absolute Gasteiger partial charge is 0.329 e. The van der Waals surface area contributed by atoms with E-state index in [9.17, 15) is 8.42 Å². The van der Waals surface area contributed by atoms with Crippen LogP contribution in [0.4, 0.5) is 0 Å². The van der Waals surface area contributed by atoms with Gasteiger partial charge in [-0.2, -0.15) is 0 Å². The highest BCUT2D eigenvalue weighted by Gasteiger charge is 2.55. The van der Waals surface area contributed by atoms with Crippen LogP contribution in [0.15, 0.2) is 0 Å². The molecule has 1 aliphatic heterocycles. The number of rotatable bonds is 3. The summed E-state index contributed by atoms with van der Waals surface area (Å²) in [6.07, 6.45) is 6.31. The summed E-state index contributed by atoms with van der Waals surface area (Å²) in [6.45, 7) is 5.87. The van der Waals surface area contributed by atoms with Crippen LogP contribution in [-0.4, -0.2) is 49.0 Å². The lowest BCUT2D eigenvalue weighted by molar-refractivity contribution is 0.0414. The van der Waals surface area contributed by atoms with Crippen LogP contribution in [0, 0.1) is 0 Å². The molecule has 2 atom stereocenters. The molecule has 0 aromatic rings. The molecule has 5 heteroatoms. The highest BCUT2D eigenvalue weighted by molar-refractivity contribution is 7.91. The van der Waals surface area contributed by atoms with Gasteiger partial charge < -0.3 is 5.73 Å². The van der Waals surface area contributed by atoms with Crippen molar-refractivity contribution in [3.8, 4) is 0 Å². The van der Waals surface area contributed by atoms with Gasteiger partial charge in [-0.05, 0) is 46.1 Å². The number of likely N-dealkylation sites (tertiary alicyclic amines) is 1. The summed E-state index contributed by atoms with van der Waals surface area (Å²) in [4.78, 5) is 2.40. The lowest BCUT2D eigenvalue weighted by Crippen LogP contribution is -2.64. The second-order valence-corrected chi connectivity index (χ2v) is 8.81. The maximum atomic E-state index is 12.1. The number of hydrogen-bond acceptors (Lipinski definition) is 4. The van der Waals surface area contributed by atoms with Crippen molar-refractivity contribution in [1.82, 2.24) is 4.90 Å². The van der Waals surface area contributed by atoms with Gasteiger partial charge in [-0.3, -0.25) is 4.90 Å². The molecule has 0 radical (unpaired) electrons. The van der Waals surface area contributed by atoms with Crippen LogP contribution >= 0.6 is 0 Å². The first-order valence-corrected chi connectivity index (χ1v) is 8.86. The molecule has 1 aliphatic carbocycles. The molecular formula is C13H26N2O2S. The van der Waals surface area contributed by atoms with Crippen molar-refractivity contribution < 1.29 is 8.42 Å². The van der Waals surface area contributed by atoms with Crippen LogP contribution in [0.25, 0.3) is 0 Å². The van der Waals surface area contributed by atoms with E-state index in [2.05, 4.69) is 18.7 Å². The Morgan fingerprint density at radius 2 is 1.94 bits per heavy atom. The number of hydrogen-bond donors (Lipinski definition) is 1. The predicted molar refractivity (Wildman–Crippen MR) is 74.3 cm³/mol. The van der Waals surface area contributed by atoms with Gasteiger partial charge in [0.15, 0.2) is 9.84 Å². The summed E-state index contributed by atoms with van der Waals surface area (Å²) in [5, 5.41) is -0.285. The Bertz CT molecular complexity index is 419. The molecule has 2 aliphatic rings. The number of nitrogens with two attached hydrogens (primary N) is 1. The zero-order valence-electron chi connectivity index (χ0n) is 11.8. The Kier molecular flexibility index (Phi) is 3.54. The molecule has 4 nitrogen and oxygen atoms in total. The van der Waals surface area contributed by atoms with Crippen molar-refractivity contribution in [2.24, 2.45) is 5.73 Å². The highest BCUT2D eigenvalue weighted by atomic mass is 32.2. The molecule has 2 fully saturated rings. The molecule has 18 heavy (non-hydrogen) atoms. The van der Waals surface area contributed by atoms with Gasteiger partial charge in [0.25, 0.3) is 0 Å². The van der Waals surface area contributed by atoms with Crippen molar-refractivity contribution >= 4 is 9.84 Å². The maximum absolute atomic E-state index is 12.1. The van der Waals surface area contributed by atoms with Gasteiger partial charge >= 0.3 is 0 Å². The van der Waals surface area contributed by atoms with Crippen molar-refractivity contribution in [3.63, 3.8) is 0 Å². The first-order valence-electron chi connectivity index (χ1n) is 6.91. The Hall–Kier alpha value is -0.130. The molecule has 0 spiro atoms. The summed E-state index contributed by atoms with van der Waals surface area (Å²) in [5.41, 5.74) is 5.80. The first-order chi connectivity index (χ1) is 8.24. The standard InChI is InChI=1S/C13H26N2O2S/c1-12(2)7-5-9-15(12)13(10-14)8-4-6-11(13)18(3,16)17/h11H,4-10,14H2,1-3H3. The quantitative estimate of drug-likeness (QED) is 0.838. The first kappa shape index (κ1) is 14.3. The molecular weight excluding hydrogens is 248 g/mol. The van der Waals surface area contributed by atoms with E-state index in [1.54, 1.807) is 0 Å². The van der Waals surface area contributed by atoms with Crippen molar-refractivity contribution in [1.29, 1.82) is 0 Å². The molecule has 1 saturated carbocycles. The van der Waals surface area contributed by atoms with Gasteiger partial charge in [0.1, 0.15) is 0 Å². The molecule has 2 rings (SSSR count). The van der Waals surface area contributed by atoms with Crippen molar-refractivity contribution in [2.45, 2.75) is 62.3 Å². The molecule has 0 amide bonds. The Labute approximate surface area is 111 Å². The van der Waals surface area contributed by atoms with Gasteiger partial charge in [0, 0.05) is 18.3 Å². The van der Waals surface area contributed by atoms with E-state index in [0.717, 1.165) is 38.6 Å². The van der Waals surface area contributed by atoms with Gasteiger partial charge in [-0.25, -0.2) is 8.42 Å². The molecule has 106 valence electrons. The second kappa shape index (κ2) is 4.46. The van der Waals surface area contributed by atoms with Crippen LogP contribution in [0.2, 0.25) is 0 Å². The van der Waals surface area contributed by atoms with Gasteiger partial charge in [-0.1, -0.05) is 6.42 Å². The monoisotopic (exact) mass is 274 g/mol. The van der Waals surface area contributed by atoms with Gasteiger partial charge in [0.2, 0.25) is 0 Å². The Morgan fingerprint density at radius 3 is 2.39 bits per heavy atom. The number of sulfone groups is 1. The van der Waals surface area contributed by atoms with Crippen molar-refractivity contribution in [3.05, 3.63) is 0 Å². The lowest BCUT2D eigenvalue weighted by atomic mass is 9.89. The van der Waals surface area contributed by atoms with E-state index in [-0.39, 0.29) is 16.3 Å². The van der Waals surface area contributed by atoms with Gasteiger partial charge in [-0.15, -0.1) is 0 Å².